The number of hydrogen-bond donors (Lipinski definition) is 1. The van der Waals surface area contributed by atoms with E-state index < -0.39 is 12.2 Å². The van der Waals surface area contributed by atoms with Gasteiger partial charge in [-0.05, 0) is 13.0 Å². The molecule has 0 fully saturated rings. The molecule has 0 amide bonds. The molecule has 0 bridgehead atoms. The normalized spacial score (nSPS) is 11.3. The van der Waals surface area contributed by atoms with Crippen molar-refractivity contribution in [2.45, 2.75) is 13.2 Å². The number of aryl methyl sites for hydroxylation is 1. The van der Waals surface area contributed by atoms with Crippen molar-refractivity contribution in [2.24, 2.45) is 5.73 Å². The Hall–Kier alpha value is -1.30. The van der Waals surface area contributed by atoms with E-state index in [4.69, 9.17) is 0 Å². The topological polar surface area (TPSA) is 61.0 Å². The van der Waals surface area contributed by atoms with E-state index in [1.807, 2.05) is 0 Å². The van der Waals surface area contributed by atoms with Gasteiger partial charge in [-0.15, -0.1) is 8.78 Å². The van der Waals surface area contributed by atoms with Crippen LogP contribution in [-0.4, -0.2) is 16.2 Å². The van der Waals surface area contributed by atoms with Crippen LogP contribution in [0.3, 0.4) is 0 Å². The van der Waals surface area contributed by atoms with Crippen LogP contribution < -0.4 is 10.5 Å². The number of nitrogens with two attached hydrogens (primary N) is 1. The number of hydrogen-bond acceptors (Lipinski definition) is 4. The Kier molecular flexibility index (Phi) is 2.18. The van der Waals surface area contributed by atoms with Crippen molar-refractivity contribution in [3.8, 4) is 6.01 Å². The Morgan fingerprint density at radius 1 is 1.58 bits per heavy atom. The molecule has 6 heteroatoms. The molecule has 4 nitrogen and oxygen atoms in total. The highest BCUT2D eigenvalue weighted by molar-refractivity contribution is 5.03. The van der Waals surface area contributed by atoms with E-state index >= 15 is 0 Å². The van der Waals surface area contributed by atoms with Crippen molar-refractivity contribution < 1.29 is 13.5 Å². The first-order valence-electron chi connectivity index (χ1n) is 3.13. The zero-order valence-electron chi connectivity index (χ0n) is 6.29. The number of ether oxygens (including phenoxy) is 1. The van der Waals surface area contributed by atoms with Crippen molar-refractivity contribution in [3.63, 3.8) is 0 Å². The molecule has 0 saturated carbocycles. The molecule has 2 N–H and O–H groups in total. The molecular formula is C6H7F2N3O. The van der Waals surface area contributed by atoms with E-state index in [0.717, 1.165) is 0 Å². The van der Waals surface area contributed by atoms with Gasteiger partial charge in [0, 0.05) is 11.9 Å². The standard InChI is InChI=1S/C6H7F2N3O/c1-4-2-3-10-5(11-4)12-6(7,8)9/h2-3H,9H2,1H3. The molecule has 0 unspecified atom stereocenters. The van der Waals surface area contributed by atoms with E-state index in [9.17, 15) is 8.78 Å². The number of alkyl halides is 2. The smallest absolute Gasteiger partial charge is 0.385 e. The average molecular weight is 175 g/mol. The molecule has 0 atom stereocenters. The number of aromatic nitrogens is 2. The SMILES string of the molecule is Cc1ccnc(OC(N)(F)F)n1. The average Bonchev–Trinajstić information content (AvgIpc) is 1.82. The highest BCUT2D eigenvalue weighted by atomic mass is 19.3. The summed E-state index contributed by atoms with van der Waals surface area (Å²) < 4.78 is 27.9. The molecule has 0 aliphatic heterocycles. The fraction of sp³-hybridized carbons (Fsp3) is 0.333. The van der Waals surface area contributed by atoms with Gasteiger partial charge in [0.2, 0.25) is 0 Å². The Morgan fingerprint density at radius 3 is 2.75 bits per heavy atom. The van der Waals surface area contributed by atoms with Crippen molar-refractivity contribution in [1.82, 2.24) is 9.97 Å². The monoisotopic (exact) mass is 175 g/mol. The summed E-state index contributed by atoms with van der Waals surface area (Å²) in [6, 6.07) is 1.13. The summed E-state index contributed by atoms with van der Waals surface area (Å²) in [5, 5.41) is 0. The zero-order valence-corrected chi connectivity index (χ0v) is 6.29. The predicted molar refractivity (Wildman–Crippen MR) is 36.5 cm³/mol. The van der Waals surface area contributed by atoms with Crippen LogP contribution in [0.15, 0.2) is 12.3 Å². The van der Waals surface area contributed by atoms with E-state index in [1.54, 1.807) is 13.0 Å². The number of nitrogens with zero attached hydrogens (tertiary/aromatic N) is 2. The van der Waals surface area contributed by atoms with Gasteiger partial charge in [-0.1, -0.05) is 0 Å². The Labute approximate surface area is 67.4 Å². The number of halogens is 2. The molecule has 0 aromatic carbocycles. The maximum Gasteiger partial charge on any atom is 0.468 e. The van der Waals surface area contributed by atoms with Crippen LogP contribution in [0.25, 0.3) is 0 Å². The van der Waals surface area contributed by atoms with Crippen LogP contribution in [0.2, 0.25) is 0 Å². The van der Waals surface area contributed by atoms with Gasteiger partial charge in [-0.3, -0.25) is 0 Å². The maximum absolute atomic E-state index is 12.0. The summed E-state index contributed by atoms with van der Waals surface area (Å²) in [7, 11) is 0. The molecule has 1 rings (SSSR count). The van der Waals surface area contributed by atoms with Gasteiger partial charge in [0.05, 0.1) is 0 Å². The molecule has 0 aliphatic rings. The zero-order chi connectivity index (χ0) is 9.19. The van der Waals surface area contributed by atoms with Gasteiger partial charge in [0.15, 0.2) is 0 Å². The van der Waals surface area contributed by atoms with Crippen molar-refractivity contribution in [3.05, 3.63) is 18.0 Å². The molecular weight excluding hydrogens is 168 g/mol. The fourth-order valence-corrected chi connectivity index (χ4v) is 0.597. The lowest BCUT2D eigenvalue weighted by Gasteiger charge is -2.09. The van der Waals surface area contributed by atoms with Crippen molar-refractivity contribution in [1.29, 1.82) is 0 Å². The summed E-state index contributed by atoms with van der Waals surface area (Å²) in [6.45, 7) is 1.63. The van der Waals surface area contributed by atoms with Gasteiger partial charge < -0.3 is 4.74 Å². The Bertz CT molecular complexity index is 274. The largest absolute Gasteiger partial charge is 0.468 e. The fourth-order valence-electron chi connectivity index (χ4n) is 0.597. The molecule has 1 heterocycles. The quantitative estimate of drug-likeness (QED) is 0.530. The van der Waals surface area contributed by atoms with Gasteiger partial charge >= 0.3 is 12.2 Å². The third-order valence-electron chi connectivity index (χ3n) is 1.00. The van der Waals surface area contributed by atoms with Crippen molar-refractivity contribution >= 4 is 0 Å². The lowest BCUT2D eigenvalue weighted by Crippen LogP contribution is -2.36. The van der Waals surface area contributed by atoms with E-state index in [1.165, 1.54) is 6.20 Å². The first-order valence-corrected chi connectivity index (χ1v) is 3.13. The molecule has 0 aliphatic carbocycles. The van der Waals surface area contributed by atoms with Crippen LogP contribution in [-0.2, 0) is 0 Å². The third-order valence-corrected chi connectivity index (χ3v) is 1.00. The Morgan fingerprint density at radius 2 is 2.25 bits per heavy atom. The third kappa shape index (κ3) is 2.75. The summed E-state index contributed by atoms with van der Waals surface area (Å²) in [4.78, 5) is 7.00. The van der Waals surface area contributed by atoms with E-state index in [0.29, 0.717) is 5.69 Å². The molecule has 1 aromatic heterocycles. The van der Waals surface area contributed by atoms with Crippen LogP contribution in [0.1, 0.15) is 5.69 Å². The summed E-state index contributed by atoms with van der Waals surface area (Å²) in [5.41, 5.74) is 4.81. The highest BCUT2D eigenvalue weighted by Gasteiger charge is 2.25. The lowest BCUT2D eigenvalue weighted by molar-refractivity contribution is -0.174. The minimum absolute atomic E-state index is 0.428. The molecule has 0 spiro atoms. The van der Waals surface area contributed by atoms with Gasteiger partial charge in [-0.25, -0.2) is 15.7 Å². The second kappa shape index (κ2) is 2.98. The summed E-state index contributed by atoms with van der Waals surface area (Å²) in [5.74, 6) is 0. The summed E-state index contributed by atoms with van der Waals surface area (Å²) >= 11 is 0. The van der Waals surface area contributed by atoms with E-state index in [2.05, 4.69) is 20.4 Å². The van der Waals surface area contributed by atoms with Gasteiger partial charge in [-0.2, -0.15) is 0 Å². The van der Waals surface area contributed by atoms with Gasteiger partial charge in [0.25, 0.3) is 0 Å². The second-order valence-electron chi connectivity index (χ2n) is 2.14. The second-order valence-corrected chi connectivity index (χ2v) is 2.14. The van der Waals surface area contributed by atoms with Crippen molar-refractivity contribution in [2.75, 3.05) is 0 Å². The predicted octanol–water partition coefficient (Wildman–Crippen LogP) is 0.673. The molecule has 0 radical (unpaired) electrons. The van der Waals surface area contributed by atoms with Crippen LogP contribution in [0.4, 0.5) is 8.78 Å². The number of rotatable bonds is 2. The Balaban J connectivity index is 2.77. The first-order chi connectivity index (χ1) is 5.47. The van der Waals surface area contributed by atoms with E-state index in [-0.39, 0.29) is 0 Å². The summed E-state index contributed by atoms with van der Waals surface area (Å²) in [6.07, 6.45) is -2.42. The van der Waals surface area contributed by atoms with Crippen LogP contribution >= 0.6 is 0 Å². The van der Waals surface area contributed by atoms with Crippen LogP contribution in [0.5, 0.6) is 6.01 Å². The molecule has 12 heavy (non-hydrogen) atoms. The van der Waals surface area contributed by atoms with Crippen LogP contribution in [0, 0.1) is 6.92 Å². The molecule has 66 valence electrons. The minimum Gasteiger partial charge on any atom is -0.385 e. The molecule has 0 saturated heterocycles. The lowest BCUT2D eigenvalue weighted by atomic mass is 10.5. The first kappa shape index (κ1) is 8.79. The van der Waals surface area contributed by atoms with Gasteiger partial charge in [0.1, 0.15) is 0 Å². The highest BCUT2D eigenvalue weighted by Crippen LogP contribution is 2.11. The molecule has 1 aromatic rings. The maximum atomic E-state index is 12.0. The minimum atomic E-state index is -3.73.